The smallest absolute Gasteiger partial charge is 0.416 e. The molecule has 0 spiro atoms. The number of halogens is 3. The van der Waals surface area contributed by atoms with Crippen LogP contribution in [-0.4, -0.2) is 25.1 Å². The minimum Gasteiger partial charge on any atom is -0.483 e. The zero-order chi connectivity index (χ0) is 19.2. The molecule has 1 N–H and O–H groups in total. The number of hydrogen-bond acceptors (Lipinski definition) is 4. The fourth-order valence-corrected chi connectivity index (χ4v) is 2.05. The summed E-state index contributed by atoms with van der Waals surface area (Å²) in [5, 5.41) is 2.42. The summed E-state index contributed by atoms with van der Waals surface area (Å²) in [6, 6.07) is 10.3. The van der Waals surface area contributed by atoms with Crippen LogP contribution in [0.15, 0.2) is 48.5 Å². The van der Waals surface area contributed by atoms with Crippen LogP contribution in [0.1, 0.15) is 22.8 Å². The van der Waals surface area contributed by atoms with E-state index in [1.165, 1.54) is 12.1 Å². The summed E-state index contributed by atoms with van der Waals surface area (Å²) in [5.41, 5.74) is -0.433. The number of para-hydroxylation sites is 1. The van der Waals surface area contributed by atoms with Gasteiger partial charge in [-0.25, -0.2) is 4.79 Å². The van der Waals surface area contributed by atoms with Gasteiger partial charge in [-0.05, 0) is 43.3 Å². The molecule has 0 saturated heterocycles. The summed E-state index contributed by atoms with van der Waals surface area (Å²) in [4.78, 5) is 23.7. The average molecular weight is 367 g/mol. The summed E-state index contributed by atoms with van der Waals surface area (Å²) in [7, 11) is 0. The highest BCUT2D eigenvalue weighted by Gasteiger charge is 2.30. The third-order valence-corrected chi connectivity index (χ3v) is 3.24. The molecule has 2 aromatic rings. The van der Waals surface area contributed by atoms with Crippen molar-refractivity contribution in [2.45, 2.75) is 13.1 Å². The number of ether oxygens (including phenoxy) is 2. The molecule has 0 heterocycles. The van der Waals surface area contributed by atoms with Gasteiger partial charge in [0.2, 0.25) is 0 Å². The minimum absolute atomic E-state index is 0.175. The van der Waals surface area contributed by atoms with Crippen molar-refractivity contribution in [1.82, 2.24) is 0 Å². The van der Waals surface area contributed by atoms with Crippen LogP contribution in [0.3, 0.4) is 0 Å². The molecule has 0 unspecified atom stereocenters. The highest BCUT2D eigenvalue weighted by molar-refractivity contribution is 5.94. The van der Waals surface area contributed by atoms with E-state index in [-0.39, 0.29) is 23.6 Å². The molecule has 8 heteroatoms. The van der Waals surface area contributed by atoms with Crippen LogP contribution in [0.25, 0.3) is 0 Å². The van der Waals surface area contributed by atoms with Crippen molar-refractivity contribution in [3.05, 3.63) is 59.7 Å². The van der Waals surface area contributed by atoms with Gasteiger partial charge in [0.05, 0.1) is 12.2 Å². The van der Waals surface area contributed by atoms with Crippen molar-refractivity contribution in [2.24, 2.45) is 0 Å². The van der Waals surface area contributed by atoms with Gasteiger partial charge in [0.25, 0.3) is 5.91 Å². The standard InChI is InChI=1S/C18H16F3NO4/c1-2-25-17(24)14-5-3-4-6-15(14)26-11-16(23)22-13-9-7-12(8-10-13)18(19,20)21/h3-10H,2,11H2,1H3,(H,22,23). The van der Waals surface area contributed by atoms with E-state index in [9.17, 15) is 22.8 Å². The van der Waals surface area contributed by atoms with Gasteiger partial charge in [0.15, 0.2) is 6.61 Å². The maximum absolute atomic E-state index is 12.5. The van der Waals surface area contributed by atoms with E-state index in [4.69, 9.17) is 9.47 Å². The number of hydrogen-bond donors (Lipinski definition) is 1. The Bertz CT molecular complexity index is 773. The third kappa shape index (κ3) is 5.23. The lowest BCUT2D eigenvalue weighted by Crippen LogP contribution is -2.21. The number of amides is 1. The molecule has 0 fully saturated rings. The van der Waals surface area contributed by atoms with Gasteiger partial charge in [0.1, 0.15) is 11.3 Å². The predicted octanol–water partition coefficient (Wildman–Crippen LogP) is 3.90. The second-order valence-electron chi connectivity index (χ2n) is 5.13. The van der Waals surface area contributed by atoms with Gasteiger partial charge in [-0.15, -0.1) is 0 Å². The Hall–Kier alpha value is -3.03. The lowest BCUT2D eigenvalue weighted by molar-refractivity contribution is -0.137. The first-order valence-corrected chi connectivity index (χ1v) is 7.67. The first kappa shape index (κ1) is 19.3. The topological polar surface area (TPSA) is 64.6 Å². The van der Waals surface area contributed by atoms with E-state index in [2.05, 4.69) is 5.32 Å². The Morgan fingerprint density at radius 3 is 2.31 bits per heavy atom. The zero-order valence-electron chi connectivity index (χ0n) is 13.8. The number of alkyl halides is 3. The zero-order valence-corrected chi connectivity index (χ0v) is 13.8. The highest BCUT2D eigenvalue weighted by atomic mass is 19.4. The molecule has 2 aromatic carbocycles. The number of carbonyl (C=O) groups is 2. The second-order valence-corrected chi connectivity index (χ2v) is 5.13. The van der Waals surface area contributed by atoms with E-state index >= 15 is 0 Å². The Kier molecular flexibility index (Phi) is 6.21. The van der Waals surface area contributed by atoms with Gasteiger partial charge in [-0.3, -0.25) is 4.79 Å². The van der Waals surface area contributed by atoms with E-state index in [1.807, 2.05) is 0 Å². The Balaban J connectivity index is 1.96. The SMILES string of the molecule is CCOC(=O)c1ccccc1OCC(=O)Nc1ccc(C(F)(F)F)cc1. The Morgan fingerprint density at radius 1 is 1.04 bits per heavy atom. The molecule has 0 bridgehead atoms. The number of esters is 1. The molecule has 0 aromatic heterocycles. The molecule has 0 radical (unpaired) electrons. The highest BCUT2D eigenvalue weighted by Crippen LogP contribution is 2.29. The van der Waals surface area contributed by atoms with Crippen LogP contribution in [0, 0.1) is 0 Å². The van der Waals surface area contributed by atoms with Crippen molar-refractivity contribution >= 4 is 17.6 Å². The van der Waals surface area contributed by atoms with Crippen LogP contribution in [-0.2, 0) is 15.7 Å². The average Bonchev–Trinajstić information content (AvgIpc) is 2.60. The molecule has 0 aliphatic rings. The Labute approximate surface area is 147 Å². The quantitative estimate of drug-likeness (QED) is 0.787. The first-order chi connectivity index (χ1) is 12.3. The van der Waals surface area contributed by atoms with Gasteiger partial charge in [-0.1, -0.05) is 12.1 Å². The molecular formula is C18H16F3NO4. The third-order valence-electron chi connectivity index (χ3n) is 3.24. The lowest BCUT2D eigenvalue weighted by Gasteiger charge is -2.11. The number of rotatable bonds is 6. The minimum atomic E-state index is -4.44. The normalized spacial score (nSPS) is 10.9. The predicted molar refractivity (Wildman–Crippen MR) is 88.0 cm³/mol. The second kappa shape index (κ2) is 8.37. The van der Waals surface area contributed by atoms with Gasteiger partial charge in [-0.2, -0.15) is 13.2 Å². The van der Waals surface area contributed by atoms with Crippen LogP contribution in [0.2, 0.25) is 0 Å². The van der Waals surface area contributed by atoms with E-state index < -0.39 is 30.2 Å². The summed E-state index contributed by atoms with van der Waals surface area (Å²) in [6.07, 6.45) is -4.44. The van der Waals surface area contributed by atoms with Crippen LogP contribution < -0.4 is 10.1 Å². The molecule has 26 heavy (non-hydrogen) atoms. The van der Waals surface area contributed by atoms with E-state index in [0.29, 0.717) is 0 Å². The summed E-state index contributed by atoms with van der Waals surface area (Å²) in [5.74, 6) is -0.983. The summed E-state index contributed by atoms with van der Waals surface area (Å²) >= 11 is 0. The van der Waals surface area contributed by atoms with Crippen LogP contribution in [0.5, 0.6) is 5.75 Å². The molecule has 0 aliphatic carbocycles. The van der Waals surface area contributed by atoms with Crippen molar-refractivity contribution in [2.75, 3.05) is 18.5 Å². The molecule has 0 aliphatic heterocycles. The maximum Gasteiger partial charge on any atom is 0.416 e. The maximum atomic E-state index is 12.5. The molecule has 1 amide bonds. The van der Waals surface area contributed by atoms with Crippen molar-refractivity contribution < 1.29 is 32.2 Å². The summed E-state index contributed by atoms with van der Waals surface area (Å²) < 4.78 is 47.7. The summed E-state index contributed by atoms with van der Waals surface area (Å²) in [6.45, 7) is 1.44. The van der Waals surface area contributed by atoms with Crippen LogP contribution >= 0.6 is 0 Å². The molecule has 5 nitrogen and oxygen atoms in total. The number of carbonyl (C=O) groups excluding carboxylic acids is 2. The fourth-order valence-electron chi connectivity index (χ4n) is 2.05. The van der Waals surface area contributed by atoms with Crippen molar-refractivity contribution in [1.29, 1.82) is 0 Å². The number of anilines is 1. The van der Waals surface area contributed by atoms with Gasteiger partial charge in [0, 0.05) is 5.69 Å². The first-order valence-electron chi connectivity index (χ1n) is 7.67. The Morgan fingerprint density at radius 2 is 1.69 bits per heavy atom. The van der Waals surface area contributed by atoms with Gasteiger partial charge >= 0.3 is 12.1 Å². The largest absolute Gasteiger partial charge is 0.483 e. The molecule has 0 atom stereocenters. The molecule has 2 rings (SSSR count). The van der Waals surface area contributed by atoms with Crippen LogP contribution in [0.4, 0.5) is 18.9 Å². The molecular weight excluding hydrogens is 351 g/mol. The number of nitrogens with one attached hydrogen (secondary N) is 1. The monoisotopic (exact) mass is 367 g/mol. The van der Waals surface area contributed by atoms with Gasteiger partial charge < -0.3 is 14.8 Å². The van der Waals surface area contributed by atoms with E-state index in [1.54, 1.807) is 19.1 Å². The molecule has 138 valence electrons. The lowest BCUT2D eigenvalue weighted by atomic mass is 10.2. The van der Waals surface area contributed by atoms with E-state index in [0.717, 1.165) is 24.3 Å². The van der Waals surface area contributed by atoms with Crippen molar-refractivity contribution in [3.8, 4) is 5.75 Å². The fraction of sp³-hybridized carbons (Fsp3) is 0.222. The van der Waals surface area contributed by atoms with Crippen molar-refractivity contribution in [3.63, 3.8) is 0 Å². The molecule has 0 saturated carbocycles. The number of benzene rings is 2.